The van der Waals surface area contributed by atoms with E-state index in [1.165, 1.54) is 13.8 Å². The lowest BCUT2D eigenvalue weighted by Gasteiger charge is -2.08. The highest BCUT2D eigenvalue weighted by Crippen LogP contribution is 2.01. The van der Waals surface area contributed by atoms with Gasteiger partial charge in [-0.05, 0) is 0 Å². The Balaban J connectivity index is 3.39. The molecule has 0 aliphatic carbocycles. The standard InChI is InChI=1S/C7H11BrO4/c1-5(9)11-3-7(8)4-12-6(2)10/h7H,3-4H2,1-2H3. The van der Waals surface area contributed by atoms with Crippen molar-refractivity contribution in [1.29, 1.82) is 0 Å². The Morgan fingerprint density at radius 3 is 1.75 bits per heavy atom. The molecule has 0 aromatic heterocycles. The Labute approximate surface area is 79.3 Å². The highest BCUT2D eigenvalue weighted by Gasteiger charge is 2.07. The summed E-state index contributed by atoms with van der Waals surface area (Å²) in [6.45, 7) is 3.07. The van der Waals surface area contributed by atoms with Crippen molar-refractivity contribution >= 4 is 27.9 Å². The number of alkyl halides is 1. The van der Waals surface area contributed by atoms with E-state index in [2.05, 4.69) is 25.4 Å². The molecule has 0 bridgehead atoms. The third-order valence-corrected chi connectivity index (χ3v) is 1.46. The minimum atomic E-state index is -0.345. The van der Waals surface area contributed by atoms with Crippen molar-refractivity contribution in [2.45, 2.75) is 18.7 Å². The largest absolute Gasteiger partial charge is 0.465 e. The Kier molecular flexibility index (Phi) is 5.70. The highest BCUT2D eigenvalue weighted by atomic mass is 79.9. The van der Waals surface area contributed by atoms with Gasteiger partial charge in [0, 0.05) is 13.8 Å². The maximum absolute atomic E-state index is 10.3. The van der Waals surface area contributed by atoms with E-state index in [9.17, 15) is 9.59 Å². The maximum Gasteiger partial charge on any atom is 0.302 e. The SMILES string of the molecule is CC(=O)OCC(Br)COC(C)=O. The van der Waals surface area contributed by atoms with Crippen LogP contribution in [0.15, 0.2) is 0 Å². The van der Waals surface area contributed by atoms with E-state index in [-0.39, 0.29) is 30.0 Å². The van der Waals surface area contributed by atoms with Crippen LogP contribution in [0.2, 0.25) is 0 Å². The molecule has 0 saturated heterocycles. The number of hydrogen-bond acceptors (Lipinski definition) is 4. The fourth-order valence-electron chi connectivity index (χ4n) is 0.464. The molecule has 0 radical (unpaired) electrons. The second kappa shape index (κ2) is 5.99. The van der Waals surface area contributed by atoms with E-state index < -0.39 is 0 Å². The van der Waals surface area contributed by atoms with Crippen molar-refractivity contribution < 1.29 is 19.1 Å². The first-order valence-electron chi connectivity index (χ1n) is 3.43. The van der Waals surface area contributed by atoms with Gasteiger partial charge in [-0.15, -0.1) is 0 Å². The molecule has 0 unspecified atom stereocenters. The van der Waals surface area contributed by atoms with Crippen molar-refractivity contribution in [2.24, 2.45) is 0 Å². The molecule has 12 heavy (non-hydrogen) atoms. The Morgan fingerprint density at radius 1 is 1.17 bits per heavy atom. The first kappa shape index (κ1) is 11.4. The van der Waals surface area contributed by atoms with Gasteiger partial charge in [-0.3, -0.25) is 9.59 Å². The predicted octanol–water partition coefficient (Wildman–Crippen LogP) is 0.876. The molecule has 0 aromatic carbocycles. The molecule has 5 heteroatoms. The number of carbonyl (C=O) groups excluding carboxylic acids is 2. The summed E-state index contributed by atoms with van der Waals surface area (Å²) in [5, 5.41) is 0. The lowest BCUT2D eigenvalue weighted by Crippen LogP contribution is -2.18. The molecule has 0 fully saturated rings. The van der Waals surface area contributed by atoms with Gasteiger partial charge in [0.2, 0.25) is 0 Å². The third-order valence-electron chi connectivity index (χ3n) is 0.935. The topological polar surface area (TPSA) is 52.6 Å². The molecule has 0 heterocycles. The first-order valence-corrected chi connectivity index (χ1v) is 4.34. The minimum absolute atomic E-state index is 0.134. The van der Waals surface area contributed by atoms with Crippen LogP contribution in [0.3, 0.4) is 0 Å². The van der Waals surface area contributed by atoms with Gasteiger partial charge in [-0.2, -0.15) is 0 Å². The molecule has 4 nitrogen and oxygen atoms in total. The second-order valence-electron chi connectivity index (χ2n) is 2.20. The van der Waals surface area contributed by atoms with Crippen LogP contribution in [0.5, 0.6) is 0 Å². The first-order chi connectivity index (χ1) is 5.52. The monoisotopic (exact) mass is 238 g/mol. The highest BCUT2D eigenvalue weighted by molar-refractivity contribution is 9.09. The molecule has 0 rings (SSSR count). The number of rotatable bonds is 4. The van der Waals surface area contributed by atoms with Gasteiger partial charge >= 0.3 is 11.9 Å². The van der Waals surface area contributed by atoms with E-state index in [0.717, 1.165) is 0 Å². The minimum Gasteiger partial charge on any atom is -0.465 e. The molecule has 0 aromatic rings. The normalized spacial score (nSPS) is 9.67. The van der Waals surface area contributed by atoms with E-state index >= 15 is 0 Å². The smallest absolute Gasteiger partial charge is 0.302 e. The third kappa shape index (κ3) is 7.53. The Hall–Kier alpha value is -0.580. The summed E-state index contributed by atoms with van der Waals surface area (Å²) in [6.07, 6.45) is 0. The Morgan fingerprint density at radius 2 is 1.50 bits per heavy atom. The van der Waals surface area contributed by atoms with Crippen LogP contribution in [-0.4, -0.2) is 30.0 Å². The van der Waals surface area contributed by atoms with Crippen molar-refractivity contribution in [3.05, 3.63) is 0 Å². The van der Waals surface area contributed by atoms with Gasteiger partial charge < -0.3 is 9.47 Å². The number of carbonyl (C=O) groups is 2. The van der Waals surface area contributed by atoms with Gasteiger partial charge in [0.05, 0.1) is 4.83 Å². The van der Waals surface area contributed by atoms with E-state index in [1.54, 1.807) is 0 Å². The fourth-order valence-corrected chi connectivity index (χ4v) is 0.728. The van der Waals surface area contributed by atoms with E-state index in [0.29, 0.717) is 0 Å². The van der Waals surface area contributed by atoms with Crippen molar-refractivity contribution in [2.75, 3.05) is 13.2 Å². The van der Waals surface area contributed by atoms with Crippen molar-refractivity contribution in [3.8, 4) is 0 Å². The average Bonchev–Trinajstić information content (AvgIpc) is 1.96. The van der Waals surface area contributed by atoms with Gasteiger partial charge in [0.1, 0.15) is 13.2 Å². The van der Waals surface area contributed by atoms with Crippen LogP contribution in [0.25, 0.3) is 0 Å². The molecule has 0 aliphatic heterocycles. The summed E-state index contributed by atoms with van der Waals surface area (Å²) in [4.78, 5) is 20.5. The van der Waals surface area contributed by atoms with Gasteiger partial charge in [0.25, 0.3) is 0 Å². The molecular formula is C7H11BrO4. The molecular weight excluding hydrogens is 228 g/mol. The van der Waals surface area contributed by atoms with Crippen LogP contribution in [0.4, 0.5) is 0 Å². The van der Waals surface area contributed by atoms with Gasteiger partial charge in [-0.25, -0.2) is 0 Å². The lowest BCUT2D eigenvalue weighted by atomic mass is 10.5. The summed E-state index contributed by atoms with van der Waals surface area (Å²) in [7, 11) is 0. The van der Waals surface area contributed by atoms with Gasteiger partial charge in [0.15, 0.2) is 0 Å². The van der Waals surface area contributed by atoms with Crippen LogP contribution in [0, 0.1) is 0 Å². The van der Waals surface area contributed by atoms with Crippen LogP contribution in [-0.2, 0) is 19.1 Å². The molecule has 0 aliphatic rings. The van der Waals surface area contributed by atoms with Crippen LogP contribution in [0.1, 0.15) is 13.8 Å². The lowest BCUT2D eigenvalue weighted by molar-refractivity contribution is -0.142. The van der Waals surface area contributed by atoms with E-state index in [4.69, 9.17) is 0 Å². The summed E-state index contributed by atoms with van der Waals surface area (Å²) in [6, 6.07) is 0. The molecule has 0 N–H and O–H groups in total. The van der Waals surface area contributed by atoms with Gasteiger partial charge in [-0.1, -0.05) is 15.9 Å². The van der Waals surface area contributed by atoms with Crippen molar-refractivity contribution in [3.63, 3.8) is 0 Å². The van der Waals surface area contributed by atoms with E-state index in [1.807, 2.05) is 0 Å². The average molecular weight is 239 g/mol. The molecule has 0 saturated carbocycles. The zero-order valence-electron chi connectivity index (χ0n) is 7.00. The zero-order valence-corrected chi connectivity index (χ0v) is 8.59. The number of hydrogen-bond donors (Lipinski definition) is 0. The zero-order chi connectivity index (χ0) is 9.56. The Bertz CT molecular complexity index is 151. The summed E-state index contributed by atoms with van der Waals surface area (Å²) in [5.41, 5.74) is 0. The van der Waals surface area contributed by atoms with Crippen molar-refractivity contribution in [1.82, 2.24) is 0 Å². The number of ether oxygens (including phenoxy) is 2. The maximum atomic E-state index is 10.3. The summed E-state index contributed by atoms with van der Waals surface area (Å²) >= 11 is 3.18. The van der Waals surface area contributed by atoms with Crippen LogP contribution >= 0.6 is 15.9 Å². The summed E-state index contributed by atoms with van der Waals surface area (Å²) < 4.78 is 9.32. The predicted molar refractivity (Wildman–Crippen MR) is 46.0 cm³/mol. The fraction of sp³-hybridized carbons (Fsp3) is 0.714. The quantitative estimate of drug-likeness (QED) is 0.539. The second-order valence-corrected chi connectivity index (χ2v) is 3.50. The van der Waals surface area contributed by atoms with Crippen LogP contribution < -0.4 is 0 Å². The molecule has 0 amide bonds. The number of halogens is 1. The molecule has 0 atom stereocenters. The molecule has 0 spiro atoms. The summed E-state index contributed by atoms with van der Waals surface area (Å²) in [5.74, 6) is -0.690. The number of esters is 2. The molecule has 70 valence electrons.